The normalized spacial score (nSPS) is 12.4. The van der Waals surface area contributed by atoms with Gasteiger partial charge >= 0.3 is 0 Å². The second-order valence-electron chi connectivity index (χ2n) is 4.97. The number of hydrogen-bond acceptors (Lipinski definition) is 6. The van der Waals surface area contributed by atoms with Gasteiger partial charge in [0.25, 0.3) is 0 Å². The van der Waals surface area contributed by atoms with E-state index >= 15 is 0 Å². The molecule has 1 aromatic heterocycles. The smallest absolute Gasteiger partial charge is 0.208 e. The van der Waals surface area contributed by atoms with Crippen LogP contribution in [-0.2, 0) is 6.42 Å². The third kappa shape index (κ3) is 4.67. The SMILES string of the molecule is CCC(N)Cc1cc(Br)ccc1Sc1nnc(N(C)C)s1. The number of halogens is 1. The van der Waals surface area contributed by atoms with Crippen molar-refractivity contribution in [2.75, 3.05) is 19.0 Å². The van der Waals surface area contributed by atoms with Gasteiger partial charge in [-0.1, -0.05) is 46.0 Å². The fourth-order valence-electron chi connectivity index (χ4n) is 1.75. The summed E-state index contributed by atoms with van der Waals surface area (Å²) in [4.78, 5) is 3.17. The minimum atomic E-state index is 0.186. The third-order valence-corrected chi connectivity index (χ3v) is 5.76. The predicted octanol–water partition coefficient (Wildman–Crippen LogP) is 3.80. The monoisotopic (exact) mass is 386 g/mol. The van der Waals surface area contributed by atoms with Gasteiger partial charge in [0.05, 0.1) is 0 Å². The molecule has 1 heterocycles. The number of aromatic nitrogens is 2. The van der Waals surface area contributed by atoms with E-state index in [1.165, 1.54) is 10.5 Å². The van der Waals surface area contributed by atoms with Gasteiger partial charge in [0.15, 0.2) is 4.34 Å². The van der Waals surface area contributed by atoms with Crippen molar-refractivity contribution in [3.63, 3.8) is 0 Å². The lowest BCUT2D eigenvalue weighted by Gasteiger charge is -2.12. The maximum atomic E-state index is 6.10. The predicted molar refractivity (Wildman–Crippen MR) is 94.5 cm³/mol. The lowest BCUT2D eigenvalue weighted by molar-refractivity contribution is 0.641. The molecule has 0 bridgehead atoms. The first kappa shape index (κ1) is 16.7. The fourth-order valence-corrected chi connectivity index (χ4v) is 4.00. The molecule has 1 aromatic carbocycles. The number of anilines is 1. The van der Waals surface area contributed by atoms with Crippen molar-refractivity contribution >= 4 is 44.2 Å². The number of rotatable bonds is 6. The zero-order valence-electron chi connectivity index (χ0n) is 12.3. The Morgan fingerprint density at radius 2 is 2.14 bits per heavy atom. The Balaban J connectivity index is 2.21. The molecule has 2 N–H and O–H groups in total. The summed E-state index contributed by atoms with van der Waals surface area (Å²) in [6, 6.07) is 6.50. The highest BCUT2D eigenvalue weighted by molar-refractivity contribution is 9.10. The van der Waals surface area contributed by atoms with Crippen LogP contribution < -0.4 is 10.6 Å². The molecule has 0 aliphatic carbocycles. The molecule has 0 aliphatic heterocycles. The minimum Gasteiger partial charge on any atom is -0.353 e. The van der Waals surface area contributed by atoms with Crippen LogP contribution in [0.15, 0.2) is 31.9 Å². The van der Waals surface area contributed by atoms with Gasteiger partial charge in [-0.2, -0.15) is 0 Å². The maximum Gasteiger partial charge on any atom is 0.208 e. The Morgan fingerprint density at radius 1 is 1.38 bits per heavy atom. The van der Waals surface area contributed by atoms with E-state index < -0.39 is 0 Å². The number of nitrogens with two attached hydrogens (primary N) is 1. The number of hydrogen-bond donors (Lipinski definition) is 1. The molecule has 2 rings (SSSR count). The van der Waals surface area contributed by atoms with Crippen LogP contribution in [0, 0.1) is 0 Å². The van der Waals surface area contributed by atoms with Crippen LogP contribution in [0.5, 0.6) is 0 Å². The van der Waals surface area contributed by atoms with Gasteiger partial charge in [-0.05, 0) is 36.6 Å². The second-order valence-corrected chi connectivity index (χ2v) is 8.13. The molecule has 0 spiro atoms. The summed E-state index contributed by atoms with van der Waals surface area (Å²) in [6.45, 7) is 2.11. The maximum absolute atomic E-state index is 6.10. The van der Waals surface area contributed by atoms with Crippen LogP contribution in [0.4, 0.5) is 5.13 Å². The van der Waals surface area contributed by atoms with Crippen LogP contribution in [-0.4, -0.2) is 30.3 Å². The van der Waals surface area contributed by atoms with Crippen molar-refractivity contribution in [2.45, 2.75) is 35.0 Å². The molecule has 0 saturated heterocycles. The Morgan fingerprint density at radius 3 is 2.76 bits per heavy atom. The fraction of sp³-hybridized carbons (Fsp3) is 0.429. The molecule has 21 heavy (non-hydrogen) atoms. The first-order chi connectivity index (χ1) is 9.99. The summed E-state index contributed by atoms with van der Waals surface area (Å²) < 4.78 is 2.03. The highest BCUT2D eigenvalue weighted by Gasteiger charge is 2.12. The Labute approximate surface area is 142 Å². The van der Waals surface area contributed by atoms with Crippen LogP contribution in [0.25, 0.3) is 0 Å². The van der Waals surface area contributed by atoms with Crippen molar-refractivity contribution in [1.29, 1.82) is 0 Å². The molecule has 4 nitrogen and oxygen atoms in total. The molecule has 0 fully saturated rings. The van der Waals surface area contributed by atoms with E-state index in [9.17, 15) is 0 Å². The molecule has 0 saturated carbocycles. The molecule has 0 amide bonds. The van der Waals surface area contributed by atoms with E-state index in [0.29, 0.717) is 0 Å². The van der Waals surface area contributed by atoms with Crippen molar-refractivity contribution in [3.8, 4) is 0 Å². The van der Waals surface area contributed by atoms with E-state index in [-0.39, 0.29) is 6.04 Å². The van der Waals surface area contributed by atoms with E-state index in [1.807, 2.05) is 19.0 Å². The molecule has 1 unspecified atom stereocenters. The standard InChI is InChI=1S/C14H19BrN4S2/c1-4-11(16)8-9-7-10(15)5-6-12(9)20-14-18-17-13(21-14)19(2)3/h5-7,11H,4,8,16H2,1-3H3. The van der Waals surface area contributed by atoms with Crippen molar-refractivity contribution in [3.05, 3.63) is 28.2 Å². The van der Waals surface area contributed by atoms with Crippen LogP contribution in [0.2, 0.25) is 0 Å². The largest absolute Gasteiger partial charge is 0.353 e. The van der Waals surface area contributed by atoms with Gasteiger partial charge in [-0.3, -0.25) is 0 Å². The van der Waals surface area contributed by atoms with Gasteiger partial charge in [-0.15, -0.1) is 10.2 Å². The van der Waals surface area contributed by atoms with Crippen LogP contribution in [0.3, 0.4) is 0 Å². The Kier molecular flexibility index (Phi) is 6.04. The highest BCUT2D eigenvalue weighted by Crippen LogP contribution is 2.36. The molecule has 1 atom stereocenters. The highest BCUT2D eigenvalue weighted by atomic mass is 79.9. The summed E-state index contributed by atoms with van der Waals surface area (Å²) in [5.74, 6) is 0. The topological polar surface area (TPSA) is 55.0 Å². The van der Waals surface area contributed by atoms with Crippen molar-refractivity contribution < 1.29 is 0 Å². The quantitative estimate of drug-likeness (QED) is 0.817. The zero-order chi connectivity index (χ0) is 15.4. The van der Waals surface area contributed by atoms with Gasteiger partial charge in [-0.25, -0.2) is 0 Å². The average Bonchev–Trinajstić information content (AvgIpc) is 2.90. The molecule has 0 aliphatic rings. The van der Waals surface area contributed by atoms with E-state index in [1.54, 1.807) is 23.1 Å². The molecular formula is C14H19BrN4S2. The van der Waals surface area contributed by atoms with E-state index in [0.717, 1.165) is 26.8 Å². The molecular weight excluding hydrogens is 368 g/mol. The summed E-state index contributed by atoms with van der Waals surface area (Å²) in [5.41, 5.74) is 7.36. The van der Waals surface area contributed by atoms with E-state index in [4.69, 9.17) is 5.73 Å². The number of benzene rings is 1. The lowest BCUT2D eigenvalue weighted by Crippen LogP contribution is -2.21. The number of nitrogens with zero attached hydrogens (tertiary/aromatic N) is 3. The van der Waals surface area contributed by atoms with Gasteiger partial charge < -0.3 is 10.6 Å². The van der Waals surface area contributed by atoms with Gasteiger partial charge in [0, 0.05) is 29.5 Å². The first-order valence-corrected chi connectivity index (χ1v) is 9.15. The molecule has 2 aromatic rings. The Hall–Kier alpha value is -0.630. The summed E-state index contributed by atoms with van der Waals surface area (Å²) in [5, 5.41) is 9.34. The second kappa shape index (κ2) is 7.58. The Bertz CT molecular complexity index is 600. The van der Waals surface area contributed by atoms with Gasteiger partial charge in [0.1, 0.15) is 0 Å². The summed E-state index contributed by atoms with van der Waals surface area (Å²) in [7, 11) is 3.95. The van der Waals surface area contributed by atoms with Crippen LogP contribution >= 0.6 is 39.0 Å². The van der Waals surface area contributed by atoms with Crippen molar-refractivity contribution in [1.82, 2.24) is 10.2 Å². The third-order valence-electron chi connectivity index (χ3n) is 3.00. The first-order valence-electron chi connectivity index (χ1n) is 6.72. The molecule has 0 radical (unpaired) electrons. The van der Waals surface area contributed by atoms with Crippen molar-refractivity contribution in [2.24, 2.45) is 5.73 Å². The average molecular weight is 387 g/mol. The summed E-state index contributed by atoms with van der Waals surface area (Å²) >= 11 is 6.79. The van der Waals surface area contributed by atoms with E-state index in [2.05, 4.69) is 51.3 Å². The van der Waals surface area contributed by atoms with Crippen LogP contribution in [0.1, 0.15) is 18.9 Å². The molecule has 114 valence electrons. The summed E-state index contributed by atoms with van der Waals surface area (Å²) in [6.07, 6.45) is 1.85. The minimum absolute atomic E-state index is 0.186. The molecule has 7 heteroatoms. The zero-order valence-corrected chi connectivity index (χ0v) is 15.6. The lowest BCUT2D eigenvalue weighted by atomic mass is 10.1. The van der Waals surface area contributed by atoms with Gasteiger partial charge in [0.2, 0.25) is 5.13 Å².